The molecule has 0 radical (unpaired) electrons. The Balaban J connectivity index is 1.84. The second-order valence-electron chi connectivity index (χ2n) is 11.0. The molecule has 1 aliphatic rings. The summed E-state index contributed by atoms with van der Waals surface area (Å²) in [5, 5.41) is 0. The molecule has 44 heavy (non-hydrogen) atoms. The van der Waals surface area contributed by atoms with E-state index in [-0.39, 0.29) is 43.2 Å². The first-order valence-corrected chi connectivity index (χ1v) is 16.9. The Labute approximate surface area is 263 Å². The van der Waals surface area contributed by atoms with Crippen molar-refractivity contribution in [2.45, 2.75) is 101 Å². The number of rotatable bonds is 26. The number of benzene rings is 1. The molecule has 4 atom stereocenters. The molecular weight excluding hydrogens is 592 g/mol. The van der Waals surface area contributed by atoms with Gasteiger partial charge in [0.05, 0.1) is 49.6 Å². The first-order valence-electron chi connectivity index (χ1n) is 15.5. The lowest BCUT2D eigenvalue weighted by Crippen LogP contribution is -2.25. The Morgan fingerprint density at radius 1 is 0.841 bits per heavy atom. The van der Waals surface area contributed by atoms with Gasteiger partial charge in [-0.25, -0.2) is 4.79 Å². The molecule has 1 aromatic rings. The fraction of sp³-hybridized carbons (Fsp3) is 0.719. The Hall–Kier alpha value is -1.90. The molecule has 0 aliphatic carbocycles. The smallest absolute Gasteiger partial charge is 0.334 e. The predicted molar refractivity (Wildman–Crippen MR) is 165 cm³/mol. The Morgan fingerprint density at radius 3 is 1.89 bits per heavy atom. The third kappa shape index (κ3) is 15.4. The molecule has 0 saturated heterocycles. The van der Waals surface area contributed by atoms with Gasteiger partial charge in [-0.2, -0.15) is 8.42 Å². The van der Waals surface area contributed by atoms with Crippen LogP contribution in [0, 0.1) is 6.92 Å². The van der Waals surface area contributed by atoms with Gasteiger partial charge in [-0.15, -0.1) is 0 Å². The highest BCUT2D eigenvalue weighted by molar-refractivity contribution is 7.86. The van der Waals surface area contributed by atoms with Crippen molar-refractivity contribution < 1.29 is 50.6 Å². The molecule has 0 aromatic heterocycles. The lowest BCUT2D eigenvalue weighted by atomic mass is 10.0. The van der Waals surface area contributed by atoms with Crippen molar-refractivity contribution in [1.82, 2.24) is 0 Å². The standard InChI is InChI=1S/C32H52O11S/c1-6-7-10-29(40-23-36-4)21-38-17-18-39-22-30(41-24-37-5)12-9-8-11-28(20-27-19-26(3)42-32(27)33)43-44(34,35)31-15-13-25(2)14-16-31/h13-16,19,26,28-30H,6-12,17-18,20-24H2,1-5H3/t26-,28?,29?,30?/m0/s1. The number of carbonyl (C=O) groups excluding carboxylic acids is 1. The van der Waals surface area contributed by atoms with E-state index in [0.717, 1.165) is 31.2 Å². The number of unbranched alkanes of at least 4 members (excludes halogenated alkanes) is 2. The van der Waals surface area contributed by atoms with Gasteiger partial charge in [-0.05, 0) is 51.3 Å². The van der Waals surface area contributed by atoms with E-state index in [9.17, 15) is 13.2 Å². The van der Waals surface area contributed by atoms with Crippen LogP contribution in [-0.4, -0.2) is 93.0 Å². The minimum Gasteiger partial charge on any atom is -0.455 e. The van der Waals surface area contributed by atoms with E-state index in [0.29, 0.717) is 51.3 Å². The minimum absolute atomic E-state index is 0.00799. The number of carbonyl (C=O) groups is 1. The summed E-state index contributed by atoms with van der Waals surface area (Å²) in [5.41, 5.74) is 1.37. The largest absolute Gasteiger partial charge is 0.455 e. The van der Waals surface area contributed by atoms with Gasteiger partial charge in [0.1, 0.15) is 19.7 Å². The second-order valence-corrected chi connectivity index (χ2v) is 12.5. The molecule has 252 valence electrons. The van der Waals surface area contributed by atoms with E-state index in [1.807, 2.05) is 6.92 Å². The van der Waals surface area contributed by atoms with Gasteiger partial charge in [-0.1, -0.05) is 50.3 Å². The Bertz CT molecular complexity index is 1050. The molecular formula is C32H52O11S. The van der Waals surface area contributed by atoms with Crippen LogP contribution in [0.5, 0.6) is 0 Å². The van der Waals surface area contributed by atoms with E-state index >= 15 is 0 Å². The van der Waals surface area contributed by atoms with Crippen molar-refractivity contribution in [2.75, 3.05) is 54.2 Å². The van der Waals surface area contributed by atoms with Crippen LogP contribution in [-0.2, 0) is 52.3 Å². The zero-order valence-electron chi connectivity index (χ0n) is 27.0. The highest BCUT2D eigenvalue weighted by atomic mass is 32.2. The summed E-state index contributed by atoms with van der Waals surface area (Å²) in [6, 6.07) is 6.49. The average molecular weight is 645 g/mol. The molecule has 0 N–H and O–H groups in total. The van der Waals surface area contributed by atoms with E-state index in [4.69, 9.17) is 37.3 Å². The molecule has 2 rings (SSSR count). The number of esters is 1. The number of hydrogen-bond acceptors (Lipinski definition) is 11. The lowest BCUT2D eigenvalue weighted by Gasteiger charge is -2.20. The Kier molecular flexibility index (Phi) is 18.9. The number of aryl methyl sites for hydroxylation is 1. The van der Waals surface area contributed by atoms with Crippen LogP contribution < -0.4 is 0 Å². The zero-order valence-corrected chi connectivity index (χ0v) is 27.8. The van der Waals surface area contributed by atoms with Crippen LogP contribution in [0.4, 0.5) is 0 Å². The highest BCUT2D eigenvalue weighted by Gasteiger charge is 2.29. The van der Waals surface area contributed by atoms with Crippen molar-refractivity contribution in [3.8, 4) is 0 Å². The third-order valence-electron chi connectivity index (χ3n) is 7.02. The first kappa shape index (κ1) is 38.3. The summed E-state index contributed by atoms with van der Waals surface area (Å²) in [6.07, 6.45) is 6.14. The van der Waals surface area contributed by atoms with Crippen molar-refractivity contribution in [3.05, 3.63) is 41.5 Å². The zero-order chi connectivity index (χ0) is 32.2. The fourth-order valence-corrected chi connectivity index (χ4v) is 5.73. The van der Waals surface area contributed by atoms with Crippen molar-refractivity contribution in [3.63, 3.8) is 0 Å². The molecule has 1 aromatic carbocycles. The molecule has 0 amide bonds. The van der Waals surface area contributed by atoms with Crippen molar-refractivity contribution in [2.24, 2.45) is 0 Å². The monoisotopic (exact) mass is 644 g/mol. The quantitative estimate of drug-likeness (QED) is 0.0579. The van der Waals surface area contributed by atoms with E-state index in [1.54, 1.807) is 39.4 Å². The second kappa shape index (κ2) is 21.8. The summed E-state index contributed by atoms with van der Waals surface area (Å²) >= 11 is 0. The van der Waals surface area contributed by atoms with Crippen LogP contribution in [0.2, 0.25) is 0 Å². The van der Waals surface area contributed by atoms with Gasteiger partial charge in [-0.3, -0.25) is 4.18 Å². The maximum atomic E-state index is 13.0. The van der Waals surface area contributed by atoms with Gasteiger partial charge in [0.2, 0.25) is 0 Å². The van der Waals surface area contributed by atoms with Crippen LogP contribution in [0.25, 0.3) is 0 Å². The topological polar surface area (TPSA) is 125 Å². The minimum atomic E-state index is -4.02. The number of methoxy groups -OCH3 is 2. The summed E-state index contributed by atoms with van der Waals surface area (Å²) in [4.78, 5) is 12.3. The number of hydrogen-bond donors (Lipinski definition) is 0. The number of cyclic esters (lactones) is 1. The maximum absolute atomic E-state index is 13.0. The first-order chi connectivity index (χ1) is 21.2. The SMILES string of the molecule is CCCCC(COCCOCC(CCCCC(CC1=C[C@H](C)OC1=O)OS(=O)(=O)c1ccc(C)cc1)OCOC)OCOC. The lowest BCUT2D eigenvalue weighted by molar-refractivity contribution is -0.139. The normalized spacial score (nSPS) is 17.3. The molecule has 1 heterocycles. The molecule has 0 bridgehead atoms. The molecule has 0 spiro atoms. The molecule has 12 heteroatoms. The van der Waals surface area contributed by atoms with Gasteiger partial charge < -0.3 is 33.2 Å². The van der Waals surface area contributed by atoms with Gasteiger partial charge in [0, 0.05) is 26.2 Å². The summed E-state index contributed by atoms with van der Waals surface area (Å²) in [7, 11) is -0.854. The molecule has 1 aliphatic heterocycles. The van der Waals surface area contributed by atoms with Crippen LogP contribution >= 0.6 is 0 Å². The van der Waals surface area contributed by atoms with Gasteiger partial charge in [0.25, 0.3) is 10.1 Å². The fourth-order valence-electron chi connectivity index (χ4n) is 4.63. The van der Waals surface area contributed by atoms with E-state index < -0.39 is 22.2 Å². The predicted octanol–water partition coefficient (Wildman–Crippen LogP) is 5.09. The molecule has 0 saturated carbocycles. The average Bonchev–Trinajstić information content (AvgIpc) is 3.31. The van der Waals surface area contributed by atoms with Crippen molar-refractivity contribution >= 4 is 16.1 Å². The summed E-state index contributed by atoms with van der Waals surface area (Å²) in [5.74, 6) is -0.438. The van der Waals surface area contributed by atoms with Crippen LogP contribution in [0.3, 0.4) is 0 Å². The van der Waals surface area contributed by atoms with E-state index in [1.165, 1.54) is 12.1 Å². The van der Waals surface area contributed by atoms with Gasteiger partial charge in [0.15, 0.2) is 0 Å². The van der Waals surface area contributed by atoms with E-state index in [2.05, 4.69) is 6.92 Å². The van der Waals surface area contributed by atoms with Crippen LogP contribution in [0.15, 0.2) is 40.8 Å². The van der Waals surface area contributed by atoms with Crippen LogP contribution in [0.1, 0.15) is 70.8 Å². The highest BCUT2D eigenvalue weighted by Crippen LogP contribution is 2.26. The molecule has 3 unspecified atom stereocenters. The maximum Gasteiger partial charge on any atom is 0.334 e. The number of ether oxygens (including phenoxy) is 7. The molecule has 0 fully saturated rings. The Morgan fingerprint density at radius 2 is 1.39 bits per heavy atom. The third-order valence-corrected chi connectivity index (χ3v) is 8.39. The summed E-state index contributed by atoms with van der Waals surface area (Å²) < 4.78 is 70.0. The molecule has 11 nitrogen and oxygen atoms in total. The summed E-state index contributed by atoms with van der Waals surface area (Å²) in [6.45, 7) is 7.85. The van der Waals surface area contributed by atoms with Gasteiger partial charge >= 0.3 is 5.97 Å². The van der Waals surface area contributed by atoms with Crippen molar-refractivity contribution in [1.29, 1.82) is 0 Å².